The van der Waals surface area contributed by atoms with Crippen molar-refractivity contribution in [3.8, 4) is 0 Å². The molecule has 1 saturated heterocycles. The lowest BCUT2D eigenvalue weighted by atomic mass is 10.1. The predicted molar refractivity (Wildman–Crippen MR) is 52.5 cm³/mol. The van der Waals surface area contributed by atoms with Crippen LogP contribution in [-0.4, -0.2) is 25.8 Å². The second-order valence-corrected chi connectivity index (χ2v) is 2.84. The standard InChI is InChI=1S/C8H17NO.BrH/c1-2-3-4-8-7-9-5-6-10-8;/h8-9H,2-7H2,1H3;1H. The van der Waals surface area contributed by atoms with Crippen molar-refractivity contribution < 1.29 is 4.74 Å². The molecule has 0 saturated carbocycles. The van der Waals surface area contributed by atoms with Gasteiger partial charge in [-0.2, -0.15) is 0 Å². The monoisotopic (exact) mass is 223 g/mol. The average molecular weight is 224 g/mol. The van der Waals surface area contributed by atoms with Crippen molar-refractivity contribution in [3.05, 3.63) is 0 Å². The van der Waals surface area contributed by atoms with E-state index in [2.05, 4.69) is 12.2 Å². The molecule has 0 aliphatic carbocycles. The molecule has 0 radical (unpaired) electrons. The quantitative estimate of drug-likeness (QED) is 0.788. The third-order valence-corrected chi connectivity index (χ3v) is 1.88. The molecule has 1 heterocycles. The van der Waals surface area contributed by atoms with Gasteiger partial charge in [0, 0.05) is 13.1 Å². The van der Waals surface area contributed by atoms with Crippen LogP contribution in [-0.2, 0) is 4.74 Å². The third-order valence-electron chi connectivity index (χ3n) is 1.88. The van der Waals surface area contributed by atoms with Crippen molar-refractivity contribution >= 4 is 17.0 Å². The summed E-state index contributed by atoms with van der Waals surface area (Å²) in [4.78, 5) is 0. The van der Waals surface area contributed by atoms with Gasteiger partial charge in [0.25, 0.3) is 0 Å². The molecule has 0 aromatic rings. The molecule has 1 N–H and O–H groups in total. The number of halogens is 1. The summed E-state index contributed by atoms with van der Waals surface area (Å²) in [5.74, 6) is 0. The summed E-state index contributed by atoms with van der Waals surface area (Å²) in [5, 5.41) is 3.32. The van der Waals surface area contributed by atoms with Crippen molar-refractivity contribution in [1.29, 1.82) is 0 Å². The van der Waals surface area contributed by atoms with Gasteiger partial charge in [0.15, 0.2) is 0 Å². The van der Waals surface area contributed by atoms with E-state index in [0.717, 1.165) is 19.7 Å². The van der Waals surface area contributed by atoms with Gasteiger partial charge in [-0.25, -0.2) is 0 Å². The van der Waals surface area contributed by atoms with Crippen LogP contribution in [0.4, 0.5) is 0 Å². The summed E-state index contributed by atoms with van der Waals surface area (Å²) in [6.45, 7) is 5.20. The van der Waals surface area contributed by atoms with Crippen LogP contribution in [0.25, 0.3) is 0 Å². The van der Waals surface area contributed by atoms with Gasteiger partial charge in [0.1, 0.15) is 0 Å². The summed E-state index contributed by atoms with van der Waals surface area (Å²) in [6.07, 6.45) is 4.30. The van der Waals surface area contributed by atoms with Gasteiger partial charge in [0.05, 0.1) is 12.7 Å². The molecule has 1 rings (SSSR count). The third kappa shape index (κ3) is 4.77. The Balaban J connectivity index is 0.000001000. The summed E-state index contributed by atoms with van der Waals surface area (Å²) in [6, 6.07) is 0. The Hall–Kier alpha value is 0.400. The van der Waals surface area contributed by atoms with Crippen LogP contribution >= 0.6 is 17.0 Å². The highest BCUT2D eigenvalue weighted by molar-refractivity contribution is 8.93. The van der Waals surface area contributed by atoms with E-state index in [0.29, 0.717) is 6.10 Å². The van der Waals surface area contributed by atoms with Crippen LogP contribution in [0.2, 0.25) is 0 Å². The number of unbranched alkanes of at least 4 members (excludes halogenated alkanes) is 1. The van der Waals surface area contributed by atoms with Crippen LogP contribution in [0.15, 0.2) is 0 Å². The van der Waals surface area contributed by atoms with E-state index in [4.69, 9.17) is 4.74 Å². The van der Waals surface area contributed by atoms with Gasteiger partial charge >= 0.3 is 0 Å². The maximum Gasteiger partial charge on any atom is 0.0700 e. The molecule has 3 heteroatoms. The first-order chi connectivity index (χ1) is 4.93. The number of nitrogens with one attached hydrogen (secondary N) is 1. The topological polar surface area (TPSA) is 21.3 Å². The summed E-state index contributed by atoms with van der Waals surface area (Å²) >= 11 is 0. The number of hydrogen-bond acceptors (Lipinski definition) is 2. The van der Waals surface area contributed by atoms with Crippen molar-refractivity contribution in [2.45, 2.75) is 32.3 Å². The molecule has 0 amide bonds. The summed E-state index contributed by atoms with van der Waals surface area (Å²) in [7, 11) is 0. The van der Waals surface area contributed by atoms with Gasteiger partial charge < -0.3 is 10.1 Å². The number of hydrogen-bond donors (Lipinski definition) is 1. The van der Waals surface area contributed by atoms with E-state index in [1.165, 1.54) is 19.3 Å². The first-order valence-corrected chi connectivity index (χ1v) is 4.26. The molecule has 0 aromatic carbocycles. The lowest BCUT2D eigenvalue weighted by molar-refractivity contribution is 0.0223. The minimum Gasteiger partial charge on any atom is -0.376 e. The molecule has 2 nitrogen and oxygen atoms in total. The van der Waals surface area contributed by atoms with Gasteiger partial charge in [-0.05, 0) is 6.42 Å². The number of rotatable bonds is 3. The average Bonchev–Trinajstić information content (AvgIpc) is 2.03. The van der Waals surface area contributed by atoms with Crippen LogP contribution < -0.4 is 5.32 Å². The highest BCUT2D eigenvalue weighted by atomic mass is 79.9. The van der Waals surface area contributed by atoms with E-state index >= 15 is 0 Å². The Labute approximate surface area is 79.5 Å². The fourth-order valence-corrected chi connectivity index (χ4v) is 1.24. The van der Waals surface area contributed by atoms with Crippen molar-refractivity contribution in [3.63, 3.8) is 0 Å². The largest absolute Gasteiger partial charge is 0.376 e. The maximum atomic E-state index is 5.52. The van der Waals surface area contributed by atoms with E-state index in [1.807, 2.05) is 0 Å². The Bertz CT molecular complexity index is 84.2. The van der Waals surface area contributed by atoms with E-state index in [1.54, 1.807) is 0 Å². The molecule has 68 valence electrons. The SMILES string of the molecule is Br.CCCCC1CNCCO1. The van der Waals surface area contributed by atoms with Gasteiger partial charge in [-0.3, -0.25) is 0 Å². The zero-order valence-electron chi connectivity index (χ0n) is 7.14. The zero-order valence-corrected chi connectivity index (χ0v) is 8.85. The first kappa shape index (κ1) is 11.4. The van der Waals surface area contributed by atoms with Crippen molar-refractivity contribution in [2.75, 3.05) is 19.7 Å². The summed E-state index contributed by atoms with van der Waals surface area (Å²) in [5.41, 5.74) is 0. The minimum absolute atomic E-state index is 0. The maximum absolute atomic E-state index is 5.52. The lowest BCUT2D eigenvalue weighted by Gasteiger charge is -2.23. The Morgan fingerprint density at radius 3 is 2.91 bits per heavy atom. The second-order valence-electron chi connectivity index (χ2n) is 2.84. The molecular formula is C8H18BrNO. The predicted octanol–water partition coefficient (Wildman–Crippen LogP) is 1.74. The molecule has 0 aromatic heterocycles. The molecule has 0 spiro atoms. The van der Waals surface area contributed by atoms with Crippen molar-refractivity contribution in [1.82, 2.24) is 5.32 Å². The second kappa shape index (κ2) is 7.07. The summed E-state index contributed by atoms with van der Waals surface area (Å²) < 4.78 is 5.52. The minimum atomic E-state index is 0. The van der Waals surface area contributed by atoms with Crippen LogP contribution in [0.5, 0.6) is 0 Å². The Kier molecular flexibility index (Phi) is 7.33. The van der Waals surface area contributed by atoms with E-state index in [9.17, 15) is 0 Å². The lowest BCUT2D eigenvalue weighted by Crippen LogP contribution is -2.38. The molecule has 0 bridgehead atoms. The number of morpholine rings is 1. The molecular weight excluding hydrogens is 206 g/mol. The van der Waals surface area contributed by atoms with Gasteiger partial charge in [-0.15, -0.1) is 17.0 Å². The molecule has 1 aliphatic rings. The highest BCUT2D eigenvalue weighted by Crippen LogP contribution is 2.05. The highest BCUT2D eigenvalue weighted by Gasteiger charge is 2.11. The van der Waals surface area contributed by atoms with Crippen LogP contribution in [0.1, 0.15) is 26.2 Å². The molecule has 1 unspecified atom stereocenters. The first-order valence-electron chi connectivity index (χ1n) is 4.26. The Morgan fingerprint density at radius 2 is 2.36 bits per heavy atom. The molecule has 1 fully saturated rings. The van der Waals surface area contributed by atoms with E-state index in [-0.39, 0.29) is 17.0 Å². The van der Waals surface area contributed by atoms with Gasteiger partial charge in [0.2, 0.25) is 0 Å². The molecule has 11 heavy (non-hydrogen) atoms. The number of ether oxygens (including phenoxy) is 1. The smallest absolute Gasteiger partial charge is 0.0700 e. The Morgan fingerprint density at radius 1 is 1.55 bits per heavy atom. The van der Waals surface area contributed by atoms with E-state index < -0.39 is 0 Å². The molecule has 1 aliphatic heterocycles. The van der Waals surface area contributed by atoms with Crippen LogP contribution in [0.3, 0.4) is 0 Å². The fraction of sp³-hybridized carbons (Fsp3) is 1.00. The van der Waals surface area contributed by atoms with Gasteiger partial charge in [-0.1, -0.05) is 19.8 Å². The normalized spacial score (nSPS) is 24.3. The molecule has 1 atom stereocenters. The van der Waals surface area contributed by atoms with Crippen molar-refractivity contribution in [2.24, 2.45) is 0 Å². The van der Waals surface area contributed by atoms with Crippen LogP contribution in [0, 0.1) is 0 Å². The fourth-order valence-electron chi connectivity index (χ4n) is 1.24. The zero-order chi connectivity index (χ0) is 7.23.